The smallest absolute Gasteiger partial charge is 0.251 e. The van der Waals surface area contributed by atoms with Gasteiger partial charge in [0.1, 0.15) is 47.8 Å². The Hall–Kier alpha value is -7.96. The quantitative estimate of drug-likeness (QED) is 0.0589. The van der Waals surface area contributed by atoms with Gasteiger partial charge >= 0.3 is 0 Å². The van der Waals surface area contributed by atoms with Gasteiger partial charge in [0.2, 0.25) is 41.4 Å². The molecule has 458 valence electrons. The third-order valence-electron chi connectivity index (χ3n) is 15.7. The summed E-state index contributed by atoms with van der Waals surface area (Å²) in [5.41, 5.74) is 16.3. The lowest BCUT2D eigenvalue weighted by molar-refractivity contribution is -0.145. The molecule has 23 nitrogen and oxygen atoms in total. The predicted molar refractivity (Wildman–Crippen MR) is 316 cm³/mol. The first kappa shape index (κ1) is 64.6. The summed E-state index contributed by atoms with van der Waals surface area (Å²) in [6, 6.07) is 17.9. The molecule has 3 aliphatic rings. The number of amides is 8. The van der Waals surface area contributed by atoms with E-state index in [9.17, 15) is 58.8 Å². The van der Waals surface area contributed by atoms with Crippen LogP contribution in [0.1, 0.15) is 101 Å². The van der Waals surface area contributed by atoms with Gasteiger partial charge in [-0.25, -0.2) is 0 Å². The number of rotatable bonds is 19. The van der Waals surface area contributed by atoms with Crippen LogP contribution in [0.4, 0.5) is 0 Å². The highest BCUT2D eigenvalue weighted by Crippen LogP contribution is 2.28. The van der Waals surface area contributed by atoms with Crippen LogP contribution in [0.15, 0.2) is 97.1 Å². The van der Waals surface area contributed by atoms with E-state index < -0.39 is 120 Å². The first-order chi connectivity index (χ1) is 40.7. The lowest BCUT2D eigenvalue weighted by Crippen LogP contribution is -2.61. The lowest BCUT2D eigenvalue weighted by atomic mass is 9.99. The van der Waals surface area contributed by atoms with Gasteiger partial charge in [-0.3, -0.25) is 38.4 Å². The molecule has 11 atom stereocenters. The second-order valence-corrected chi connectivity index (χ2v) is 22.3. The maximum atomic E-state index is 14.7. The fraction of sp³-hybridized carbons (Fsp3) is 0.484. The van der Waals surface area contributed by atoms with Gasteiger partial charge in [0.25, 0.3) is 5.91 Å². The molecule has 0 spiro atoms. The van der Waals surface area contributed by atoms with Gasteiger partial charge in [0.15, 0.2) is 0 Å². The third kappa shape index (κ3) is 17.6. The van der Waals surface area contributed by atoms with Crippen LogP contribution in [0, 0.1) is 0 Å². The number of phenols is 1. The molecule has 0 radical (unpaired) electrons. The maximum absolute atomic E-state index is 14.7. The number of nitrogens with two attached hydrogens (primary N) is 2. The Morgan fingerprint density at radius 3 is 1.85 bits per heavy atom. The van der Waals surface area contributed by atoms with Gasteiger partial charge in [-0.2, -0.15) is 0 Å². The molecule has 3 aliphatic heterocycles. The van der Waals surface area contributed by atoms with Gasteiger partial charge in [-0.05, 0) is 136 Å². The summed E-state index contributed by atoms with van der Waals surface area (Å²) in [6.45, 7) is 4.84. The molecular formula is C62H82N10O13. The zero-order valence-corrected chi connectivity index (χ0v) is 48.4. The van der Waals surface area contributed by atoms with E-state index in [4.69, 9.17) is 16.2 Å². The van der Waals surface area contributed by atoms with Crippen LogP contribution in [-0.2, 0) is 40.0 Å². The van der Waals surface area contributed by atoms with Crippen LogP contribution in [0.5, 0.6) is 11.5 Å². The van der Waals surface area contributed by atoms with Crippen LogP contribution in [-0.4, -0.2) is 177 Å². The van der Waals surface area contributed by atoms with E-state index in [0.717, 1.165) is 57.1 Å². The second-order valence-electron chi connectivity index (χ2n) is 22.3. The molecule has 0 bridgehead atoms. The molecule has 7 rings (SSSR count). The molecule has 0 saturated carbocycles. The molecule has 14 N–H and O–H groups in total. The van der Waals surface area contributed by atoms with E-state index in [2.05, 4.69) is 38.8 Å². The lowest BCUT2D eigenvalue weighted by Gasteiger charge is -2.32. The largest absolute Gasteiger partial charge is 0.508 e. The number of aryl methyl sites for hydroxylation is 1. The summed E-state index contributed by atoms with van der Waals surface area (Å²) in [7, 11) is 0. The van der Waals surface area contributed by atoms with Crippen molar-refractivity contribution in [2.45, 2.75) is 158 Å². The second kappa shape index (κ2) is 30.7. The number of aliphatic hydroxyl groups excluding tert-OH is 3. The van der Waals surface area contributed by atoms with Gasteiger partial charge < -0.3 is 78.3 Å². The summed E-state index contributed by atoms with van der Waals surface area (Å²) in [5.74, 6) is -5.70. The van der Waals surface area contributed by atoms with Gasteiger partial charge in [-0.15, -0.1) is 0 Å². The highest BCUT2D eigenvalue weighted by atomic mass is 16.5. The first-order valence-electron chi connectivity index (χ1n) is 29.4. The molecule has 4 aromatic carbocycles. The Morgan fingerprint density at radius 1 is 0.694 bits per heavy atom. The number of ether oxygens (including phenoxy) is 1. The van der Waals surface area contributed by atoms with Crippen molar-refractivity contribution < 1.29 is 63.5 Å². The molecule has 4 aromatic rings. The summed E-state index contributed by atoms with van der Waals surface area (Å²) < 4.78 is 5.87. The Kier molecular flexibility index (Phi) is 23.4. The van der Waals surface area contributed by atoms with E-state index in [-0.39, 0.29) is 69.3 Å². The Balaban J connectivity index is 1.15. The number of aromatic hydroxyl groups is 1. The first-order valence-corrected chi connectivity index (χ1v) is 29.4. The fourth-order valence-corrected chi connectivity index (χ4v) is 10.8. The Bertz CT molecular complexity index is 2930. The van der Waals surface area contributed by atoms with E-state index in [1.165, 1.54) is 26.0 Å². The molecule has 0 aromatic heterocycles. The summed E-state index contributed by atoms with van der Waals surface area (Å²) in [5, 5.41) is 59.3. The minimum absolute atomic E-state index is 0.0186. The number of carbonyl (C=O) groups is 8. The Labute approximate surface area is 495 Å². The van der Waals surface area contributed by atoms with Crippen LogP contribution in [0.25, 0.3) is 22.3 Å². The van der Waals surface area contributed by atoms with Gasteiger partial charge in [0.05, 0.1) is 31.0 Å². The molecule has 3 fully saturated rings. The molecule has 3 saturated heterocycles. The van der Waals surface area contributed by atoms with Crippen LogP contribution in [0.2, 0.25) is 0 Å². The molecule has 85 heavy (non-hydrogen) atoms. The monoisotopic (exact) mass is 1170 g/mol. The number of phenolic OH excluding ortho intramolecular Hbond substituents is 1. The van der Waals surface area contributed by atoms with Gasteiger partial charge in [0, 0.05) is 37.7 Å². The average Bonchev–Trinajstić information content (AvgIpc) is 4.36. The van der Waals surface area contributed by atoms with E-state index in [0.29, 0.717) is 25.1 Å². The Morgan fingerprint density at radius 2 is 1.26 bits per heavy atom. The molecular weight excluding hydrogens is 1090 g/mol. The van der Waals surface area contributed by atoms with Crippen molar-refractivity contribution >= 4 is 47.3 Å². The van der Waals surface area contributed by atoms with Crippen molar-refractivity contribution in [1.82, 2.24) is 41.7 Å². The summed E-state index contributed by atoms with van der Waals surface area (Å²) in [4.78, 5) is 116. The molecule has 8 amide bonds. The van der Waals surface area contributed by atoms with Crippen molar-refractivity contribution in [3.63, 3.8) is 0 Å². The number of hydrogen-bond acceptors (Lipinski definition) is 15. The number of aliphatic hydroxyl groups is 3. The van der Waals surface area contributed by atoms with Gasteiger partial charge in [-0.1, -0.05) is 80.4 Å². The van der Waals surface area contributed by atoms with Crippen molar-refractivity contribution in [2.24, 2.45) is 11.5 Å². The highest BCUT2D eigenvalue weighted by Gasteiger charge is 2.46. The maximum Gasteiger partial charge on any atom is 0.251 e. The summed E-state index contributed by atoms with van der Waals surface area (Å²) >= 11 is 0. The van der Waals surface area contributed by atoms with Crippen LogP contribution >= 0.6 is 0 Å². The highest BCUT2D eigenvalue weighted by molar-refractivity contribution is 6.00. The SMILES string of the molecule is CCCCCOc1ccc(-c2ccc(-c3ccc(C(=O)N[C@H]4CCCNC(=O)C5C[C@H](NC(=O)C(N)CCCN)CN5C(=O)C(C(C)O)NC(=O)C(CCc5ccc(O)cc5)NC(=O)C5C[C@@H](O)CN5C(=O)C(C(C)O)NC4=O)cc3)cc2)cc1. The molecule has 3 heterocycles. The minimum atomic E-state index is -1.72. The molecule has 23 heteroatoms. The topological polar surface area (TPSA) is 357 Å². The number of nitrogens with zero attached hydrogens (tertiary/aromatic N) is 2. The number of nitrogens with one attached hydrogen (secondary N) is 6. The summed E-state index contributed by atoms with van der Waals surface area (Å²) in [6.07, 6.45) is -0.972. The number of hydrogen-bond donors (Lipinski definition) is 12. The predicted octanol–water partition coefficient (Wildman–Crippen LogP) is 1.27. The average molecular weight is 1180 g/mol. The third-order valence-corrected chi connectivity index (χ3v) is 15.7. The van der Waals surface area contributed by atoms with Crippen molar-refractivity contribution in [1.29, 1.82) is 0 Å². The van der Waals surface area contributed by atoms with Crippen LogP contribution < -0.4 is 48.1 Å². The zero-order chi connectivity index (χ0) is 61.3. The van der Waals surface area contributed by atoms with Crippen molar-refractivity contribution in [3.8, 4) is 33.8 Å². The zero-order valence-electron chi connectivity index (χ0n) is 48.4. The van der Waals surface area contributed by atoms with E-state index in [1.54, 1.807) is 36.4 Å². The number of carbonyl (C=O) groups excluding carboxylic acids is 8. The number of fused-ring (bicyclic) bond motifs is 2. The van der Waals surface area contributed by atoms with E-state index >= 15 is 0 Å². The number of unbranched alkanes of at least 4 members (excludes halogenated alkanes) is 2. The molecule has 0 aliphatic carbocycles. The molecule has 8 unspecified atom stereocenters. The van der Waals surface area contributed by atoms with Crippen molar-refractivity contribution in [3.05, 3.63) is 108 Å². The fourth-order valence-electron chi connectivity index (χ4n) is 10.8. The van der Waals surface area contributed by atoms with Crippen molar-refractivity contribution in [2.75, 3.05) is 32.8 Å². The minimum Gasteiger partial charge on any atom is -0.508 e. The number of benzene rings is 4. The van der Waals surface area contributed by atoms with E-state index in [1.807, 2.05) is 48.5 Å². The standard InChI is InChI=1S/C62H82N10O13/c1-4-5-6-31-85-47-26-22-42(23-27-47)40-16-14-39(15-17-40)41-18-20-43(21-19-41)55(77)67-49-10-8-30-65-59(81)51-32-44(66-56(78)48(64)9-7-29-63)34-71(51)61(83)53(36(2)73)70-58(80)50(28-13-38-11-24-45(75)25-12-38)68-60(82)52-33-46(76)35-72(52)62(84)54(37(3)74)69-57(49)79/h11-12,14-27,36-37,44,46,48-54,73-76H,4-10,13,28-35,63-64H2,1-3H3,(H,65,81)(H,66,78)(H,67,77)(H,68,82)(H,69,79)(H,70,80)/t36?,37?,44-,46+,48?,49-,50?,51?,52?,53?,54?/m0/s1. The normalized spacial score (nSPS) is 23.9. The van der Waals surface area contributed by atoms with Crippen LogP contribution in [0.3, 0.4) is 0 Å².